The number of pyridine rings is 1. The second-order valence-corrected chi connectivity index (χ2v) is 3.86. The highest BCUT2D eigenvalue weighted by Crippen LogP contribution is 2.03. The number of amides is 2. The van der Waals surface area contributed by atoms with Gasteiger partial charge < -0.3 is 5.32 Å². The Bertz CT molecular complexity index is 331. The minimum atomic E-state index is -0.670. The summed E-state index contributed by atoms with van der Waals surface area (Å²) in [5.74, 6) is -0.225. The number of halogens is 3. The quantitative estimate of drug-likeness (QED) is 0.810. The smallest absolute Gasteiger partial charge is 0.320 e. The lowest BCUT2D eigenvalue weighted by molar-refractivity contribution is 0.252. The van der Waals surface area contributed by atoms with Crippen molar-refractivity contribution in [2.75, 3.05) is 11.9 Å². The van der Waals surface area contributed by atoms with Gasteiger partial charge in [0.2, 0.25) is 0 Å². The Balaban J connectivity index is 2.41. The number of hydrogen-bond donors (Lipinski definition) is 2. The highest BCUT2D eigenvalue weighted by atomic mass is 35.5. The zero-order valence-corrected chi connectivity index (χ0v) is 9.02. The van der Waals surface area contributed by atoms with Gasteiger partial charge in [-0.3, -0.25) is 5.32 Å². The number of nitrogens with one attached hydrogen (secondary N) is 2. The van der Waals surface area contributed by atoms with Crippen LogP contribution in [-0.2, 0) is 0 Å². The Labute approximate surface area is 95.8 Å². The van der Waals surface area contributed by atoms with Crippen molar-refractivity contribution in [1.82, 2.24) is 10.3 Å². The molecular weight excluding hydrogens is 244 g/mol. The first-order chi connectivity index (χ1) is 7.08. The molecular formula is C8H8Cl2FN3O. The summed E-state index contributed by atoms with van der Waals surface area (Å²) in [6.07, 6.45) is 1.00. The molecule has 0 atom stereocenters. The van der Waals surface area contributed by atoms with Crippen molar-refractivity contribution in [3.05, 3.63) is 24.1 Å². The van der Waals surface area contributed by atoms with E-state index in [4.69, 9.17) is 23.2 Å². The second-order valence-electron chi connectivity index (χ2n) is 2.59. The van der Waals surface area contributed by atoms with Crippen molar-refractivity contribution in [3.8, 4) is 0 Å². The number of urea groups is 1. The number of carbonyl (C=O) groups is 1. The lowest BCUT2D eigenvalue weighted by Gasteiger charge is -2.06. The van der Waals surface area contributed by atoms with Gasteiger partial charge >= 0.3 is 6.03 Å². The molecule has 2 amide bonds. The van der Waals surface area contributed by atoms with Crippen LogP contribution in [0.1, 0.15) is 0 Å². The Hall–Kier alpha value is -1.07. The molecule has 1 aromatic rings. The second kappa shape index (κ2) is 5.72. The molecule has 1 heterocycles. The molecule has 0 fully saturated rings. The molecule has 7 heteroatoms. The Kier molecular flexibility index (Phi) is 4.58. The summed E-state index contributed by atoms with van der Waals surface area (Å²) in [6.45, 7) is 0.121. The maximum Gasteiger partial charge on any atom is 0.320 e. The van der Waals surface area contributed by atoms with Gasteiger partial charge in [0.15, 0.2) is 0 Å². The molecule has 0 aliphatic carbocycles. The first kappa shape index (κ1) is 12.0. The summed E-state index contributed by atoms with van der Waals surface area (Å²) >= 11 is 10.8. The largest absolute Gasteiger partial charge is 0.335 e. The molecule has 0 aliphatic heterocycles. The Morgan fingerprint density at radius 2 is 2.27 bits per heavy atom. The van der Waals surface area contributed by atoms with Gasteiger partial charge in [0.1, 0.15) is 16.5 Å². The molecule has 0 unspecified atom stereocenters. The van der Waals surface area contributed by atoms with E-state index in [0.29, 0.717) is 0 Å². The van der Waals surface area contributed by atoms with Gasteiger partial charge in [-0.2, -0.15) is 0 Å². The molecule has 0 saturated heterocycles. The van der Waals surface area contributed by atoms with Crippen LogP contribution in [0.4, 0.5) is 15.0 Å². The summed E-state index contributed by atoms with van der Waals surface area (Å²) in [5.41, 5.74) is 0. The van der Waals surface area contributed by atoms with Crippen LogP contribution < -0.4 is 10.6 Å². The van der Waals surface area contributed by atoms with E-state index in [1.54, 1.807) is 0 Å². The summed E-state index contributed by atoms with van der Waals surface area (Å²) in [7, 11) is 0. The SMILES string of the molecule is O=C(NCC(Cl)Cl)Nc1ccc(F)cn1. The molecule has 15 heavy (non-hydrogen) atoms. The van der Waals surface area contributed by atoms with Gasteiger partial charge in [0.25, 0.3) is 0 Å². The molecule has 4 nitrogen and oxygen atoms in total. The van der Waals surface area contributed by atoms with Crippen LogP contribution in [-0.4, -0.2) is 22.4 Å². The normalized spacial score (nSPS) is 10.1. The first-order valence-electron chi connectivity index (χ1n) is 4.02. The van der Waals surface area contributed by atoms with Gasteiger partial charge in [0, 0.05) is 6.54 Å². The van der Waals surface area contributed by atoms with Crippen molar-refractivity contribution < 1.29 is 9.18 Å². The first-order valence-corrected chi connectivity index (χ1v) is 4.90. The van der Waals surface area contributed by atoms with Crippen molar-refractivity contribution in [3.63, 3.8) is 0 Å². The Morgan fingerprint density at radius 1 is 1.53 bits per heavy atom. The van der Waals surface area contributed by atoms with E-state index < -0.39 is 16.7 Å². The van der Waals surface area contributed by atoms with Gasteiger partial charge in [0.05, 0.1) is 6.20 Å². The van der Waals surface area contributed by atoms with Crippen LogP contribution in [0.5, 0.6) is 0 Å². The highest BCUT2D eigenvalue weighted by molar-refractivity contribution is 6.44. The van der Waals surface area contributed by atoms with Gasteiger partial charge in [-0.1, -0.05) is 0 Å². The lowest BCUT2D eigenvalue weighted by Crippen LogP contribution is -2.32. The minimum absolute atomic E-state index is 0.121. The standard InChI is InChI=1S/C8H8Cl2FN3O/c9-6(10)4-13-8(15)14-7-2-1-5(11)3-12-7/h1-3,6H,4H2,(H2,12,13,14,15). The molecule has 0 aliphatic rings. The van der Waals surface area contributed by atoms with Crippen LogP contribution in [0.3, 0.4) is 0 Å². The number of carbonyl (C=O) groups excluding carboxylic acids is 1. The fraction of sp³-hybridized carbons (Fsp3) is 0.250. The van der Waals surface area contributed by atoms with Crippen LogP contribution in [0.25, 0.3) is 0 Å². The molecule has 0 saturated carbocycles. The van der Waals surface area contributed by atoms with Gasteiger partial charge in [-0.25, -0.2) is 14.2 Å². The van der Waals surface area contributed by atoms with Crippen molar-refractivity contribution >= 4 is 35.1 Å². The van der Waals surface area contributed by atoms with E-state index in [9.17, 15) is 9.18 Å². The third-order valence-electron chi connectivity index (χ3n) is 1.39. The summed E-state index contributed by atoms with van der Waals surface area (Å²) in [6, 6.07) is 2.03. The number of alkyl halides is 2. The minimum Gasteiger partial charge on any atom is -0.335 e. The van der Waals surface area contributed by atoms with Crippen LogP contribution >= 0.6 is 23.2 Å². The van der Waals surface area contributed by atoms with Gasteiger partial charge in [-0.15, -0.1) is 23.2 Å². The summed E-state index contributed by atoms with van der Waals surface area (Å²) in [4.78, 5) is 14.1. The van der Waals surface area contributed by atoms with Crippen molar-refractivity contribution in [2.24, 2.45) is 0 Å². The van der Waals surface area contributed by atoms with Crippen molar-refractivity contribution in [2.45, 2.75) is 4.84 Å². The topological polar surface area (TPSA) is 54.0 Å². The number of hydrogen-bond acceptors (Lipinski definition) is 2. The summed E-state index contributed by atoms with van der Waals surface area (Å²) < 4.78 is 12.5. The average molecular weight is 252 g/mol. The average Bonchev–Trinajstić information content (AvgIpc) is 2.19. The molecule has 0 aromatic carbocycles. The third-order valence-corrected chi connectivity index (χ3v) is 1.69. The van der Waals surface area contributed by atoms with E-state index in [1.807, 2.05) is 0 Å². The molecule has 1 rings (SSSR count). The van der Waals surface area contributed by atoms with E-state index in [-0.39, 0.29) is 12.4 Å². The van der Waals surface area contributed by atoms with Crippen LogP contribution in [0.2, 0.25) is 0 Å². The van der Waals surface area contributed by atoms with Crippen molar-refractivity contribution in [1.29, 1.82) is 0 Å². The Morgan fingerprint density at radius 3 is 2.80 bits per heavy atom. The number of aromatic nitrogens is 1. The summed E-state index contributed by atoms with van der Waals surface area (Å²) in [5, 5.41) is 4.78. The van der Waals surface area contributed by atoms with E-state index in [0.717, 1.165) is 6.20 Å². The molecule has 0 spiro atoms. The maximum absolute atomic E-state index is 12.5. The zero-order chi connectivity index (χ0) is 11.3. The highest BCUT2D eigenvalue weighted by Gasteiger charge is 2.04. The fourth-order valence-corrected chi connectivity index (χ4v) is 0.934. The van der Waals surface area contributed by atoms with E-state index >= 15 is 0 Å². The van der Waals surface area contributed by atoms with Crippen LogP contribution in [0, 0.1) is 5.82 Å². The molecule has 82 valence electrons. The molecule has 1 aromatic heterocycles. The molecule has 0 bridgehead atoms. The monoisotopic (exact) mass is 251 g/mol. The van der Waals surface area contributed by atoms with Crippen LogP contribution in [0.15, 0.2) is 18.3 Å². The number of nitrogens with zero attached hydrogens (tertiary/aromatic N) is 1. The number of rotatable bonds is 3. The predicted molar refractivity (Wildman–Crippen MR) is 56.7 cm³/mol. The lowest BCUT2D eigenvalue weighted by atomic mass is 10.4. The molecule has 0 radical (unpaired) electrons. The number of anilines is 1. The zero-order valence-electron chi connectivity index (χ0n) is 7.51. The molecule has 2 N–H and O–H groups in total. The predicted octanol–water partition coefficient (Wildman–Crippen LogP) is 2.15. The third kappa shape index (κ3) is 4.80. The maximum atomic E-state index is 12.5. The van der Waals surface area contributed by atoms with Gasteiger partial charge in [-0.05, 0) is 12.1 Å². The van der Waals surface area contributed by atoms with E-state index in [1.165, 1.54) is 12.1 Å². The van der Waals surface area contributed by atoms with E-state index in [2.05, 4.69) is 15.6 Å². The fourth-order valence-electron chi connectivity index (χ4n) is 0.780.